The molecule has 0 aromatic heterocycles. The van der Waals surface area contributed by atoms with Crippen molar-refractivity contribution in [3.8, 4) is 0 Å². The van der Waals surface area contributed by atoms with Gasteiger partial charge in [-0.1, -0.05) is 20.8 Å². The van der Waals surface area contributed by atoms with Crippen LogP contribution in [-0.2, 0) is 4.74 Å². The Kier molecular flexibility index (Phi) is 5.30. The number of aliphatic hydroxyl groups excluding tert-OH is 1. The van der Waals surface area contributed by atoms with E-state index in [1.165, 1.54) is 32.1 Å². The molecule has 2 bridgehead atoms. The Balaban J connectivity index is 0.00000161. The number of hydrogen-bond donors (Lipinski definition) is 1. The van der Waals surface area contributed by atoms with Crippen molar-refractivity contribution in [1.29, 1.82) is 0 Å². The molecule has 1 saturated heterocycles. The number of halogens is 1. The van der Waals surface area contributed by atoms with Crippen LogP contribution in [0.5, 0.6) is 0 Å². The number of likely N-dealkylation sites (tertiary alicyclic amines) is 1. The Morgan fingerprint density at radius 3 is 2.48 bits per heavy atom. The molecule has 0 aromatic carbocycles. The molecule has 0 spiro atoms. The summed E-state index contributed by atoms with van der Waals surface area (Å²) in [6.45, 7) is 10.7. The van der Waals surface area contributed by atoms with Crippen molar-refractivity contribution >= 4 is 12.4 Å². The van der Waals surface area contributed by atoms with Crippen LogP contribution in [0.3, 0.4) is 0 Å². The second-order valence-corrected chi connectivity index (χ2v) is 8.29. The fourth-order valence-electron chi connectivity index (χ4n) is 5.20. The summed E-state index contributed by atoms with van der Waals surface area (Å²) in [5, 5.41) is 10.2. The third-order valence-corrected chi connectivity index (χ3v) is 6.26. The molecule has 1 aliphatic heterocycles. The standard InChI is InChI=1S/C17H31NO2.ClH/c1-16(2)13-6-7-17(3,10-13)15(16)20-12-14(19)11-18-8-4-5-9-18;/h13-15,19H,4-12H2,1-3H3;1H. The number of β-amino-alcohol motifs (C(OH)–C–C–N with tert-alkyl or cyclic N) is 1. The second-order valence-electron chi connectivity index (χ2n) is 8.29. The van der Waals surface area contributed by atoms with Crippen molar-refractivity contribution < 1.29 is 9.84 Å². The number of ether oxygens (including phenoxy) is 1. The lowest BCUT2D eigenvalue weighted by Crippen LogP contribution is -2.44. The molecule has 0 aromatic rings. The van der Waals surface area contributed by atoms with E-state index in [4.69, 9.17) is 4.74 Å². The normalized spacial score (nSPS) is 39.4. The molecule has 21 heavy (non-hydrogen) atoms. The summed E-state index contributed by atoms with van der Waals surface area (Å²) in [6.07, 6.45) is 6.53. The van der Waals surface area contributed by atoms with Crippen LogP contribution in [0.15, 0.2) is 0 Å². The molecule has 3 nitrogen and oxygen atoms in total. The van der Waals surface area contributed by atoms with Gasteiger partial charge < -0.3 is 14.7 Å². The molecule has 4 unspecified atom stereocenters. The lowest BCUT2D eigenvalue weighted by atomic mass is 9.70. The first-order valence-electron chi connectivity index (χ1n) is 8.44. The van der Waals surface area contributed by atoms with Crippen LogP contribution in [0, 0.1) is 16.7 Å². The van der Waals surface area contributed by atoms with Gasteiger partial charge in [0, 0.05) is 6.54 Å². The van der Waals surface area contributed by atoms with Crippen LogP contribution >= 0.6 is 12.4 Å². The molecule has 2 saturated carbocycles. The average Bonchev–Trinajstić information content (AvgIpc) is 3.02. The fourth-order valence-corrected chi connectivity index (χ4v) is 5.20. The van der Waals surface area contributed by atoms with Gasteiger partial charge in [0.2, 0.25) is 0 Å². The highest BCUT2D eigenvalue weighted by atomic mass is 35.5. The number of nitrogens with zero attached hydrogens (tertiary/aromatic N) is 1. The van der Waals surface area contributed by atoms with Gasteiger partial charge in [-0.3, -0.25) is 0 Å². The van der Waals surface area contributed by atoms with Crippen LogP contribution in [0.2, 0.25) is 0 Å². The highest BCUT2D eigenvalue weighted by Crippen LogP contribution is 2.63. The van der Waals surface area contributed by atoms with Crippen LogP contribution < -0.4 is 0 Å². The Morgan fingerprint density at radius 1 is 1.24 bits per heavy atom. The van der Waals surface area contributed by atoms with Gasteiger partial charge in [-0.25, -0.2) is 0 Å². The number of hydrogen-bond acceptors (Lipinski definition) is 3. The molecule has 3 rings (SSSR count). The number of fused-ring (bicyclic) bond motifs is 2. The van der Waals surface area contributed by atoms with Crippen molar-refractivity contribution in [3.63, 3.8) is 0 Å². The minimum atomic E-state index is -0.327. The summed E-state index contributed by atoms with van der Waals surface area (Å²) in [6, 6.07) is 0. The minimum absolute atomic E-state index is 0. The maximum absolute atomic E-state index is 10.2. The van der Waals surface area contributed by atoms with Gasteiger partial charge >= 0.3 is 0 Å². The zero-order valence-corrected chi connectivity index (χ0v) is 14.6. The monoisotopic (exact) mass is 317 g/mol. The van der Waals surface area contributed by atoms with Crippen LogP contribution in [0.25, 0.3) is 0 Å². The van der Waals surface area contributed by atoms with E-state index in [9.17, 15) is 5.11 Å². The summed E-state index contributed by atoms with van der Waals surface area (Å²) < 4.78 is 6.25. The molecule has 1 N–H and O–H groups in total. The smallest absolute Gasteiger partial charge is 0.0900 e. The first-order chi connectivity index (χ1) is 9.42. The first kappa shape index (κ1) is 17.5. The molecule has 1 heterocycles. The Morgan fingerprint density at radius 2 is 1.90 bits per heavy atom. The number of rotatable bonds is 5. The van der Waals surface area contributed by atoms with Crippen molar-refractivity contribution in [1.82, 2.24) is 4.90 Å². The molecular weight excluding hydrogens is 286 g/mol. The van der Waals surface area contributed by atoms with Gasteiger partial charge in [0.1, 0.15) is 0 Å². The first-order valence-corrected chi connectivity index (χ1v) is 8.44. The SMILES string of the molecule is CC12CCC(C1)C(C)(C)C2OCC(O)CN1CCCC1.Cl. The van der Waals surface area contributed by atoms with E-state index >= 15 is 0 Å². The summed E-state index contributed by atoms with van der Waals surface area (Å²) in [7, 11) is 0. The van der Waals surface area contributed by atoms with E-state index in [-0.39, 0.29) is 23.9 Å². The van der Waals surface area contributed by atoms with E-state index in [1.807, 2.05) is 0 Å². The van der Waals surface area contributed by atoms with Gasteiger partial charge in [0.05, 0.1) is 18.8 Å². The molecule has 4 heteroatoms. The molecule has 0 amide bonds. The lowest BCUT2D eigenvalue weighted by Gasteiger charge is -2.42. The van der Waals surface area contributed by atoms with E-state index in [1.54, 1.807) is 0 Å². The quantitative estimate of drug-likeness (QED) is 0.845. The zero-order valence-electron chi connectivity index (χ0n) is 13.8. The molecule has 4 atom stereocenters. The van der Waals surface area contributed by atoms with Crippen LogP contribution in [0.1, 0.15) is 52.9 Å². The second kappa shape index (κ2) is 6.35. The highest BCUT2D eigenvalue weighted by Gasteiger charge is 2.60. The van der Waals surface area contributed by atoms with Gasteiger partial charge in [0.25, 0.3) is 0 Å². The van der Waals surface area contributed by atoms with Crippen molar-refractivity contribution in [2.75, 3.05) is 26.2 Å². The maximum Gasteiger partial charge on any atom is 0.0900 e. The van der Waals surface area contributed by atoms with E-state index < -0.39 is 0 Å². The largest absolute Gasteiger partial charge is 0.389 e. The van der Waals surface area contributed by atoms with Gasteiger partial charge in [-0.15, -0.1) is 12.4 Å². The molecule has 124 valence electrons. The molecule has 3 aliphatic rings. The predicted octanol–water partition coefficient (Wildman–Crippen LogP) is 3.10. The summed E-state index contributed by atoms with van der Waals surface area (Å²) >= 11 is 0. The maximum atomic E-state index is 10.2. The van der Waals surface area contributed by atoms with Gasteiger partial charge in [0.15, 0.2) is 0 Å². The summed E-state index contributed by atoms with van der Waals surface area (Å²) in [4.78, 5) is 2.36. The molecule has 0 radical (unpaired) electrons. The summed E-state index contributed by atoms with van der Waals surface area (Å²) in [5.41, 5.74) is 0.627. The van der Waals surface area contributed by atoms with Gasteiger partial charge in [-0.2, -0.15) is 0 Å². The highest BCUT2D eigenvalue weighted by molar-refractivity contribution is 5.85. The van der Waals surface area contributed by atoms with Crippen molar-refractivity contribution in [2.24, 2.45) is 16.7 Å². The van der Waals surface area contributed by atoms with E-state index in [0.717, 1.165) is 25.6 Å². The number of aliphatic hydroxyl groups is 1. The topological polar surface area (TPSA) is 32.7 Å². The van der Waals surface area contributed by atoms with E-state index in [2.05, 4.69) is 25.7 Å². The summed E-state index contributed by atoms with van der Waals surface area (Å²) in [5.74, 6) is 0.813. The third kappa shape index (κ3) is 3.26. The average molecular weight is 318 g/mol. The predicted molar refractivity (Wildman–Crippen MR) is 87.9 cm³/mol. The van der Waals surface area contributed by atoms with Crippen molar-refractivity contribution in [2.45, 2.75) is 65.1 Å². The molecule has 2 aliphatic carbocycles. The zero-order chi connectivity index (χ0) is 14.4. The van der Waals surface area contributed by atoms with E-state index in [0.29, 0.717) is 18.1 Å². The van der Waals surface area contributed by atoms with Crippen LogP contribution in [-0.4, -0.2) is 48.5 Å². The Labute approximate surface area is 135 Å². The molecule has 3 fully saturated rings. The minimum Gasteiger partial charge on any atom is -0.389 e. The molecular formula is C17H32ClNO2. The fraction of sp³-hybridized carbons (Fsp3) is 1.00. The lowest BCUT2D eigenvalue weighted by molar-refractivity contribution is -0.113. The Hall–Kier alpha value is 0.170. The van der Waals surface area contributed by atoms with Crippen LogP contribution in [0.4, 0.5) is 0 Å². The van der Waals surface area contributed by atoms with Gasteiger partial charge in [-0.05, 0) is 61.9 Å². The Bertz CT molecular complexity index is 352. The van der Waals surface area contributed by atoms with Crippen molar-refractivity contribution in [3.05, 3.63) is 0 Å². The third-order valence-electron chi connectivity index (χ3n) is 6.26.